The zero-order valence-electron chi connectivity index (χ0n) is 17.3. The van der Waals surface area contributed by atoms with E-state index in [1.807, 2.05) is 0 Å². The van der Waals surface area contributed by atoms with Crippen molar-refractivity contribution in [3.63, 3.8) is 0 Å². The van der Waals surface area contributed by atoms with Crippen molar-refractivity contribution in [3.8, 4) is 10.6 Å². The first-order valence-electron chi connectivity index (χ1n) is 10.2. The molecule has 1 aliphatic rings. The van der Waals surface area contributed by atoms with Crippen molar-refractivity contribution in [2.24, 2.45) is 5.73 Å². The molecule has 0 saturated heterocycles. The predicted molar refractivity (Wildman–Crippen MR) is 114 cm³/mol. The van der Waals surface area contributed by atoms with E-state index in [0.717, 1.165) is 40.9 Å². The lowest BCUT2D eigenvalue weighted by molar-refractivity contribution is -0.137. The summed E-state index contributed by atoms with van der Waals surface area (Å²) in [5, 5.41) is 0.598. The molecule has 33 heavy (non-hydrogen) atoms. The Labute approximate surface area is 190 Å². The van der Waals surface area contributed by atoms with Crippen LogP contribution < -0.4 is 5.73 Å². The third kappa shape index (κ3) is 5.39. The van der Waals surface area contributed by atoms with Crippen molar-refractivity contribution in [1.29, 1.82) is 0 Å². The Kier molecular flexibility index (Phi) is 6.49. The maximum absolute atomic E-state index is 13.8. The molecule has 0 saturated carbocycles. The number of alkyl halides is 3. The van der Waals surface area contributed by atoms with Gasteiger partial charge < -0.3 is 10.6 Å². The molecule has 174 valence electrons. The Morgan fingerprint density at radius 2 is 1.88 bits per heavy atom. The number of benzene rings is 2. The van der Waals surface area contributed by atoms with Gasteiger partial charge in [-0.3, -0.25) is 4.79 Å². The average molecular weight is 481 g/mol. The molecular formula is C23H20F5N3OS. The standard InChI is InChI=1S/C23H20F5N3OS/c24-16-5-6-18(25)14(9-16)10-17(29)11-21(32)31-8-7-19-20(12-31)33-22(30-19)13-1-3-15(4-2-13)23(26,27)28/h1-6,9,17H,7-8,10-12,29H2/t17-/m1/s1. The topological polar surface area (TPSA) is 59.2 Å². The van der Waals surface area contributed by atoms with Crippen LogP contribution in [0.4, 0.5) is 22.0 Å². The summed E-state index contributed by atoms with van der Waals surface area (Å²) in [5.41, 5.74) is 6.83. The van der Waals surface area contributed by atoms with Gasteiger partial charge in [-0.1, -0.05) is 12.1 Å². The van der Waals surface area contributed by atoms with E-state index in [-0.39, 0.29) is 24.3 Å². The smallest absolute Gasteiger partial charge is 0.337 e. The van der Waals surface area contributed by atoms with Gasteiger partial charge in [0.25, 0.3) is 0 Å². The molecule has 0 aliphatic carbocycles. The number of amides is 1. The third-order valence-corrected chi connectivity index (χ3v) is 6.60. The van der Waals surface area contributed by atoms with Crippen molar-refractivity contribution in [3.05, 3.63) is 75.8 Å². The van der Waals surface area contributed by atoms with Crippen LogP contribution in [0.15, 0.2) is 42.5 Å². The SMILES string of the molecule is N[C@@H](CC(=O)N1CCc2nc(-c3ccc(C(F)(F)F)cc3)sc2C1)Cc1cc(F)ccc1F. The van der Waals surface area contributed by atoms with Crippen LogP contribution in [0.1, 0.15) is 28.1 Å². The minimum absolute atomic E-state index is 0.0180. The minimum atomic E-state index is -4.40. The molecule has 1 aliphatic heterocycles. The van der Waals surface area contributed by atoms with E-state index >= 15 is 0 Å². The van der Waals surface area contributed by atoms with E-state index < -0.39 is 29.4 Å². The van der Waals surface area contributed by atoms with Crippen molar-refractivity contribution in [1.82, 2.24) is 9.88 Å². The van der Waals surface area contributed by atoms with Gasteiger partial charge in [0, 0.05) is 35.9 Å². The Bertz CT molecular complexity index is 1160. The van der Waals surface area contributed by atoms with Gasteiger partial charge in [-0.25, -0.2) is 13.8 Å². The first-order chi connectivity index (χ1) is 15.6. The molecule has 0 unspecified atom stereocenters. The summed E-state index contributed by atoms with van der Waals surface area (Å²) in [6.45, 7) is 0.760. The first-order valence-corrected chi connectivity index (χ1v) is 11.1. The molecule has 0 fully saturated rings. The molecule has 1 aromatic heterocycles. The maximum atomic E-state index is 13.8. The highest BCUT2D eigenvalue weighted by molar-refractivity contribution is 7.15. The zero-order chi connectivity index (χ0) is 23.8. The van der Waals surface area contributed by atoms with Crippen molar-refractivity contribution >= 4 is 17.2 Å². The second-order valence-electron chi connectivity index (χ2n) is 7.93. The van der Waals surface area contributed by atoms with Gasteiger partial charge in [0.15, 0.2) is 0 Å². The summed E-state index contributed by atoms with van der Waals surface area (Å²) >= 11 is 1.34. The van der Waals surface area contributed by atoms with Gasteiger partial charge in [0.1, 0.15) is 16.6 Å². The number of rotatable bonds is 5. The van der Waals surface area contributed by atoms with Gasteiger partial charge in [0.2, 0.25) is 5.91 Å². The van der Waals surface area contributed by atoms with Crippen molar-refractivity contribution in [2.45, 2.75) is 38.0 Å². The first kappa shape index (κ1) is 23.3. The molecule has 4 nitrogen and oxygen atoms in total. The molecule has 0 radical (unpaired) electrons. The molecule has 2 aromatic carbocycles. The van der Waals surface area contributed by atoms with Crippen LogP contribution in [0.2, 0.25) is 0 Å². The fourth-order valence-electron chi connectivity index (χ4n) is 3.74. The van der Waals surface area contributed by atoms with E-state index in [4.69, 9.17) is 5.73 Å². The van der Waals surface area contributed by atoms with Crippen LogP contribution in [0.25, 0.3) is 10.6 Å². The molecule has 4 rings (SSSR count). The summed E-state index contributed by atoms with van der Waals surface area (Å²) in [6.07, 6.45) is -3.86. The molecule has 2 heterocycles. The van der Waals surface area contributed by atoms with Crippen LogP contribution in [0, 0.1) is 11.6 Å². The van der Waals surface area contributed by atoms with Crippen molar-refractivity contribution < 1.29 is 26.7 Å². The number of nitrogens with zero attached hydrogens (tertiary/aromatic N) is 2. The van der Waals surface area contributed by atoms with Gasteiger partial charge in [0.05, 0.1) is 17.8 Å². The highest BCUT2D eigenvalue weighted by Crippen LogP contribution is 2.34. The summed E-state index contributed by atoms with van der Waals surface area (Å²) in [4.78, 5) is 19.8. The van der Waals surface area contributed by atoms with Gasteiger partial charge in [-0.2, -0.15) is 13.2 Å². The normalized spacial score (nSPS) is 14.8. The average Bonchev–Trinajstić information content (AvgIpc) is 3.19. The third-order valence-electron chi connectivity index (χ3n) is 5.47. The lowest BCUT2D eigenvalue weighted by atomic mass is 10.0. The lowest BCUT2D eigenvalue weighted by Gasteiger charge is -2.27. The summed E-state index contributed by atoms with van der Waals surface area (Å²) in [6, 6.07) is 7.29. The van der Waals surface area contributed by atoms with E-state index in [1.165, 1.54) is 23.5 Å². The monoisotopic (exact) mass is 481 g/mol. The molecule has 10 heteroatoms. The Morgan fingerprint density at radius 1 is 1.15 bits per heavy atom. The predicted octanol–water partition coefficient (Wildman–Crippen LogP) is 4.95. The number of carbonyl (C=O) groups excluding carboxylic acids is 1. The second kappa shape index (κ2) is 9.18. The molecular weight excluding hydrogens is 461 g/mol. The molecule has 0 bridgehead atoms. The lowest BCUT2D eigenvalue weighted by Crippen LogP contribution is -2.39. The highest BCUT2D eigenvalue weighted by Gasteiger charge is 2.30. The molecule has 1 amide bonds. The highest BCUT2D eigenvalue weighted by atomic mass is 32.1. The van der Waals surface area contributed by atoms with Gasteiger partial charge >= 0.3 is 6.18 Å². The van der Waals surface area contributed by atoms with Crippen LogP contribution in [-0.2, 0) is 30.4 Å². The number of halogens is 5. The largest absolute Gasteiger partial charge is 0.416 e. The molecule has 3 aromatic rings. The summed E-state index contributed by atoms with van der Waals surface area (Å²) in [5.74, 6) is -1.33. The summed E-state index contributed by atoms with van der Waals surface area (Å²) in [7, 11) is 0. The van der Waals surface area contributed by atoms with Gasteiger partial charge in [-0.15, -0.1) is 11.3 Å². The van der Waals surface area contributed by atoms with E-state index in [2.05, 4.69) is 4.98 Å². The number of thiazole rings is 1. The minimum Gasteiger partial charge on any atom is -0.337 e. The van der Waals surface area contributed by atoms with E-state index in [0.29, 0.717) is 30.1 Å². The van der Waals surface area contributed by atoms with Gasteiger partial charge in [-0.05, 0) is 42.3 Å². The fourth-order valence-corrected chi connectivity index (χ4v) is 4.87. The number of hydrogen-bond acceptors (Lipinski definition) is 4. The number of hydrogen-bond donors (Lipinski definition) is 1. The number of fused-ring (bicyclic) bond motifs is 1. The Hall–Kier alpha value is -2.85. The maximum Gasteiger partial charge on any atom is 0.416 e. The van der Waals surface area contributed by atoms with E-state index in [9.17, 15) is 26.7 Å². The molecule has 0 spiro atoms. The Balaban J connectivity index is 1.40. The van der Waals surface area contributed by atoms with Crippen LogP contribution in [0.3, 0.4) is 0 Å². The number of aromatic nitrogens is 1. The number of carbonyl (C=O) groups is 1. The van der Waals surface area contributed by atoms with Crippen LogP contribution >= 0.6 is 11.3 Å². The quantitative estimate of drug-likeness (QED) is 0.525. The summed E-state index contributed by atoms with van der Waals surface area (Å²) < 4.78 is 65.5. The molecule has 1 atom stereocenters. The fraction of sp³-hybridized carbons (Fsp3) is 0.304. The second-order valence-corrected chi connectivity index (χ2v) is 9.02. The van der Waals surface area contributed by atoms with Crippen LogP contribution in [-0.4, -0.2) is 28.4 Å². The molecule has 2 N–H and O–H groups in total. The van der Waals surface area contributed by atoms with E-state index in [1.54, 1.807) is 4.90 Å². The zero-order valence-corrected chi connectivity index (χ0v) is 18.1. The van der Waals surface area contributed by atoms with Crippen LogP contribution in [0.5, 0.6) is 0 Å². The van der Waals surface area contributed by atoms with Crippen molar-refractivity contribution in [2.75, 3.05) is 6.54 Å². The Morgan fingerprint density at radius 3 is 2.58 bits per heavy atom. The number of nitrogens with two attached hydrogens (primary N) is 1.